The summed E-state index contributed by atoms with van der Waals surface area (Å²) in [5.74, 6) is -0.767. The first-order valence-electron chi connectivity index (χ1n) is 4.52. The molecule has 1 heterocycles. The van der Waals surface area contributed by atoms with Crippen LogP contribution in [-0.2, 0) is 11.3 Å². The van der Waals surface area contributed by atoms with Crippen LogP contribution < -0.4 is 0 Å². The lowest BCUT2D eigenvalue weighted by Crippen LogP contribution is -2.30. The van der Waals surface area contributed by atoms with Gasteiger partial charge in [0, 0.05) is 18.2 Å². The number of nitrogens with zero attached hydrogens (tertiary/aromatic N) is 1. The molecule has 0 aliphatic carbocycles. The van der Waals surface area contributed by atoms with Gasteiger partial charge in [-0.1, -0.05) is 0 Å². The smallest absolute Gasteiger partial charge is 0.304 e. The minimum atomic E-state index is -0.767. The second-order valence-electron chi connectivity index (χ2n) is 3.49. The number of carbonyl (C=O) groups is 1. The maximum Gasteiger partial charge on any atom is 0.304 e. The van der Waals surface area contributed by atoms with Gasteiger partial charge in [0.05, 0.1) is 18.9 Å². The minimum absolute atomic E-state index is 0.0300. The molecule has 0 aromatic carbocycles. The lowest BCUT2D eigenvalue weighted by atomic mass is 10.2. The van der Waals surface area contributed by atoms with Crippen LogP contribution in [0.15, 0.2) is 23.0 Å². The van der Waals surface area contributed by atoms with Crippen LogP contribution in [0.25, 0.3) is 0 Å². The monoisotopic (exact) mass is 197 g/mol. The largest absolute Gasteiger partial charge is 0.481 e. The summed E-state index contributed by atoms with van der Waals surface area (Å²) in [6.45, 7) is 2.61. The fourth-order valence-electron chi connectivity index (χ4n) is 1.23. The summed E-state index contributed by atoms with van der Waals surface area (Å²) < 4.78 is 4.93. The van der Waals surface area contributed by atoms with Crippen molar-refractivity contribution < 1.29 is 14.3 Å². The molecule has 0 bridgehead atoms. The van der Waals surface area contributed by atoms with Crippen molar-refractivity contribution >= 4 is 5.97 Å². The van der Waals surface area contributed by atoms with E-state index in [1.807, 2.05) is 24.9 Å². The normalized spacial score (nSPS) is 13.1. The molecule has 1 aromatic rings. The number of hydrogen-bond acceptors (Lipinski definition) is 3. The summed E-state index contributed by atoms with van der Waals surface area (Å²) in [6.07, 6.45) is 3.45. The zero-order valence-electron chi connectivity index (χ0n) is 8.43. The highest BCUT2D eigenvalue weighted by Crippen LogP contribution is 2.08. The molecule has 1 unspecified atom stereocenters. The van der Waals surface area contributed by atoms with Crippen LogP contribution in [0.2, 0.25) is 0 Å². The molecule has 0 saturated heterocycles. The third-order valence-corrected chi connectivity index (χ3v) is 2.23. The lowest BCUT2D eigenvalue weighted by molar-refractivity contribution is -0.138. The van der Waals surface area contributed by atoms with Gasteiger partial charge in [-0.3, -0.25) is 9.69 Å². The molecule has 1 rings (SSSR count). The van der Waals surface area contributed by atoms with E-state index in [-0.39, 0.29) is 12.5 Å². The van der Waals surface area contributed by atoms with Gasteiger partial charge in [0.25, 0.3) is 0 Å². The second kappa shape index (κ2) is 4.81. The average molecular weight is 197 g/mol. The van der Waals surface area contributed by atoms with Gasteiger partial charge >= 0.3 is 5.97 Å². The van der Waals surface area contributed by atoms with E-state index >= 15 is 0 Å². The Morgan fingerprint density at radius 3 is 2.93 bits per heavy atom. The van der Waals surface area contributed by atoms with Crippen LogP contribution in [0.4, 0.5) is 0 Å². The standard InChI is InChI=1S/C10H15NO3/c1-8(5-10(12)13)11(2)6-9-3-4-14-7-9/h3-4,7-8H,5-6H2,1-2H3,(H,12,13). The maximum atomic E-state index is 10.5. The third-order valence-electron chi connectivity index (χ3n) is 2.23. The van der Waals surface area contributed by atoms with E-state index in [1.165, 1.54) is 0 Å². The molecular weight excluding hydrogens is 182 g/mol. The number of carboxylic acids is 1. The molecule has 78 valence electrons. The molecule has 0 radical (unpaired) electrons. The molecule has 14 heavy (non-hydrogen) atoms. The molecule has 0 amide bonds. The topological polar surface area (TPSA) is 53.7 Å². The van der Waals surface area contributed by atoms with Gasteiger partial charge in [0.15, 0.2) is 0 Å². The number of rotatable bonds is 5. The van der Waals surface area contributed by atoms with E-state index in [2.05, 4.69) is 0 Å². The molecule has 0 saturated carbocycles. The van der Waals surface area contributed by atoms with E-state index in [9.17, 15) is 4.79 Å². The van der Waals surface area contributed by atoms with Gasteiger partial charge in [-0.2, -0.15) is 0 Å². The minimum Gasteiger partial charge on any atom is -0.481 e. The first kappa shape index (κ1) is 10.8. The zero-order chi connectivity index (χ0) is 10.6. The molecule has 0 aliphatic rings. The van der Waals surface area contributed by atoms with Crippen LogP contribution in [0.1, 0.15) is 18.9 Å². The number of hydrogen-bond donors (Lipinski definition) is 1. The van der Waals surface area contributed by atoms with Crippen LogP contribution >= 0.6 is 0 Å². The van der Waals surface area contributed by atoms with Crippen molar-refractivity contribution in [3.05, 3.63) is 24.2 Å². The molecular formula is C10H15NO3. The average Bonchev–Trinajstić information content (AvgIpc) is 2.55. The Morgan fingerprint density at radius 2 is 2.43 bits per heavy atom. The molecule has 1 N–H and O–H groups in total. The quantitative estimate of drug-likeness (QED) is 0.778. The summed E-state index contributed by atoms with van der Waals surface area (Å²) in [4.78, 5) is 12.5. The van der Waals surface area contributed by atoms with E-state index < -0.39 is 5.97 Å². The predicted octanol–water partition coefficient (Wildman–Crippen LogP) is 1.57. The molecule has 1 aromatic heterocycles. The van der Waals surface area contributed by atoms with Gasteiger partial charge in [0.1, 0.15) is 0 Å². The SMILES string of the molecule is CC(CC(=O)O)N(C)Cc1ccoc1. The highest BCUT2D eigenvalue weighted by atomic mass is 16.4. The third kappa shape index (κ3) is 3.22. The van der Waals surface area contributed by atoms with Crippen molar-refractivity contribution in [1.29, 1.82) is 0 Å². The highest BCUT2D eigenvalue weighted by Gasteiger charge is 2.13. The van der Waals surface area contributed by atoms with Crippen molar-refractivity contribution in [3.8, 4) is 0 Å². The van der Waals surface area contributed by atoms with Crippen molar-refractivity contribution in [2.45, 2.75) is 25.9 Å². The Kier molecular flexibility index (Phi) is 3.71. The van der Waals surface area contributed by atoms with E-state index in [0.29, 0.717) is 6.54 Å². The number of aliphatic carboxylic acids is 1. The van der Waals surface area contributed by atoms with Crippen LogP contribution in [0.5, 0.6) is 0 Å². The van der Waals surface area contributed by atoms with Gasteiger partial charge in [-0.05, 0) is 20.0 Å². The number of carboxylic acid groups (broad SMARTS) is 1. The number of furan rings is 1. The van der Waals surface area contributed by atoms with Crippen molar-refractivity contribution in [2.75, 3.05) is 7.05 Å². The van der Waals surface area contributed by atoms with E-state index in [4.69, 9.17) is 9.52 Å². The van der Waals surface area contributed by atoms with Crippen LogP contribution in [0.3, 0.4) is 0 Å². The molecule has 0 aliphatic heterocycles. The lowest BCUT2D eigenvalue weighted by Gasteiger charge is -2.22. The fraction of sp³-hybridized carbons (Fsp3) is 0.500. The summed E-state index contributed by atoms with van der Waals surface area (Å²) in [5, 5.41) is 8.61. The van der Waals surface area contributed by atoms with Gasteiger partial charge in [-0.25, -0.2) is 0 Å². The Balaban J connectivity index is 2.41. The Labute approximate surface area is 83.1 Å². The fourth-order valence-corrected chi connectivity index (χ4v) is 1.23. The predicted molar refractivity (Wildman–Crippen MR) is 51.9 cm³/mol. The maximum absolute atomic E-state index is 10.5. The Bertz CT molecular complexity index is 282. The summed E-state index contributed by atoms with van der Waals surface area (Å²) in [6, 6.07) is 1.91. The van der Waals surface area contributed by atoms with E-state index in [0.717, 1.165) is 5.56 Å². The Hall–Kier alpha value is -1.29. The van der Waals surface area contributed by atoms with Gasteiger partial charge in [0.2, 0.25) is 0 Å². The zero-order valence-corrected chi connectivity index (χ0v) is 8.43. The van der Waals surface area contributed by atoms with Gasteiger partial charge in [-0.15, -0.1) is 0 Å². The van der Waals surface area contributed by atoms with Crippen molar-refractivity contribution in [1.82, 2.24) is 4.90 Å². The van der Waals surface area contributed by atoms with Crippen molar-refractivity contribution in [2.24, 2.45) is 0 Å². The Morgan fingerprint density at radius 1 is 1.71 bits per heavy atom. The van der Waals surface area contributed by atoms with E-state index in [1.54, 1.807) is 12.5 Å². The second-order valence-corrected chi connectivity index (χ2v) is 3.49. The first-order valence-corrected chi connectivity index (χ1v) is 4.52. The van der Waals surface area contributed by atoms with Crippen LogP contribution in [-0.4, -0.2) is 29.1 Å². The molecule has 4 nitrogen and oxygen atoms in total. The summed E-state index contributed by atoms with van der Waals surface area (Å²) in [7, 11) is 1.90. The molecule has 0 spiro atoms. The molecule has 4 heteroatoms. The van der Waals surface area contributed by atoms with Crippen molar-refractivity contribution in [3.63, 3.8) is 0 Å². The summed E-state index contributed by atoms with van der Waals surface area (Å²) >= 11 is 0. The molecule has 0 fully saturated rings. The van der Waals surface area contributed by atoms with Gasteiger partial charge < -0.3 is 9.52 Å². The van der Waals surface area contributed by atoms with Crippen LogP contribution in [0, 0.1) is 0 Å². The summed E-state index contributed by atoms with van der Waals surface area (Å²) in [5.41, 5.74) is 1.06. The highest BCUT2D eigenvalue weighted by molar-refractivity contribution is 5.67. The molecule has 1 atom stereocenters. The first-order chi connectivity index (χ1) is 6.59.